The van der Waals surface area contributed by atoms with Crippen LogP contribution in [0, 0.1) is 0 Å². The molecule has 0 saturated heterocycles. The molecule has 2 amide bonds. The number of methoxy groups -OCH3 is 2. The molecule has 1 fully saturated rings. The number of nitrogens with zero attached hydrogens (tertiary/aromatic N) is 2. The van der Waals surface area contributed by atoms with Crippen molar-refractivity contribution < 1.29 is 27.5 Å². The van der Waals surface area contributed by atoms with Crippen LogP contribution in [0.15, 0.2) is 72.8 Å². The third kappa shape index (κ3) is 8.89. The van der Waals surface area contributed by atoms with E-state index < -0.39 is 28.5 Å². The Morgan fingerprint density at radius 1 is 0.932 bits per heavy atom. The first kappa shape index (κ1) is 33.1. The first-order chi connectivity index (χ1) is 21.1. The average molecular weight is 642 g/mol. The van der Waals surface area contributed by atoms with Gasteiger partial charge in [-0.3, -0.25) is 13.9 Å². The Kier molecular flexibility index (Phi) is 11.5. The van der Waals surface area contributed by atoms with Crippen LogP contribution in [0.4, 0.5) is 5.69 Å². The summed E-state index contributed by atoms with van der Waals surface area (Å²) in [6, 6.07) is 20.4. The lowest BCUT2D eigenvalue weighted by molar-refractivity contribution is -0.140. The molecule has 1 saturated carbocycles. The molecule has 9 nitrogen and oxygen atoms in total. The maximum absolute atomic E-state index is 14.4. The lowest BCUT2D eigenvalue weighted by Crippen LogP contribution is -2.55. The number of halogens is 1. The second-order valence-corrected chi connectivity index (χ2v) is 13.4. The van der Waals surface area contributed by atoms with Crippen LogP contribution < -0.4 is 19.1 Å². The van der Waals surface area contributed by atoms with Gasteiger partial charge in [0.25, 0.3) is 0 Å². The number of nitrogens with one attached hydrogen (secondary N) is 1. The largest absolute Gasteiger partial charge is 0.497 e. The van der Waals surface area contributed by atoms with E-state index in [0.29, 0.717) is 16.3 Å². The number of sulfonamides is 1. The van der Waals surface area contributed by atoms with E-state index in [1.54, 1.807) is 30.3 Å². The highest BCUT2D eigenvalue weighted by atomic mass is 35.5. The van der Waals surface area contributed by atoms with E-state index in [1.165, 1.54) is 25.2 Å². The molecule has 44 heavy (non-hydrogen) atoms. The monoisotopic (exact) mass is 641 g/mol. The number of hydrogen-bond acceptors (Lipinski definition) is 6. The molecule has 0 bridgehead atoms. The Hall–Kier alpha value is -3.76. The van der Waals surface area contributed by atoms with Crippen molar-refractivity contribution in [3.05, 3.63) is 88.9 Å². The Morgan fingerprint density at radius 3 is 2.27 bits per heavy atom. The van der Waals surface area contributed by atoms with Gasteiger partial charge >= 0.3 is 0 Å². The third-order valence-corrected chi connectivity index (χ3v) is 9.16. The summed E-state index contributed by atoms with van der Waals surface area (Å²) >= 11 is 6.30. The smallest absolute Gasteiger partial charge is 0.244 e. The molecule has 3 aromatic rings. The highest BCUT2D eigenvalue weighted by Crippen LogP contribution is 2.34. The highest BCUT2D eigenvalue weighted by molar-refractivity contribution is 7.92. The second kappa shape index (κ2) is 15.3. The van der Waals surface area contributed by atoms with Crippen molar-refractivity contribution in [1.29, 1.82) is 0 Å². The molecule has 1 atom stereocenters. The molecule has 0 heterocycles. The average Bonchev–Trinajstić information content (AvgIpc) is 3.01. The van der Waals surface area contributed by atoms with Crippen LogP contribution in [-0.2, 0) is 32.6 Å². The quantitative estimate of drug-likeness (QED) is 0.275. The predicted octanol–water partition coefficient (Wildman–Crippen LogP) is 5.21. The summed E-state index contributed by atoms with van der Waals surface area (Å²) in [6.07, 6.45) is 6.22. The van der Waals surface area contributed by atoms with Gasteiger partial charge in [-0.25, -0.2) is 8.42 Å². The number of benzene rings is 3. The van der Waals surface area contributed by atoms with Crippen LogP contribution in [-0.4, -0.2) is 64.2 Å². The lowest BCUT2D eigenvalue weighted by Gasteiger charge is -2.35. The normalized spacial score (nSPS) is 14.4. The third-order valence-electron chi connectivity index (χ3n) is 7.80. The van der Waals surface area contributed by atoms with Crippen LogP contribution in [0.25, 0.3) is 0 Å². The van der Waals surface area contributed by atoms with Gasteiger partial charge in [-0.1, -0.05) is 73.3 Å². The zero-order valence-electron chi connectivity index (χ0n) is 25.4. The summed E-state index contributed by atoms with van der Waals surface area (Å²) in [5, 5.41) is 3.68. The van der Waals surface area contributed by atoms with E-state index >= 15 is 0 Å². The number of anilines is 1. The molecule has 3 aromatic carbocycles. The van der Waals surface area contributed by atoms with E-state index in [1.807, 2.05) is 36.4 Å². The van der Waals surface area contributed by atoms with Crippen LogP contribution >= 0.6 is 11.6 Å². The van der Waals surface area contributed by atoms with E-state index in [-0.39, 0.29) is 36.4 Å². The lowest BCUT2D eigenvalue weighted by atomic mass is 9.94. The summed E-state index contributed by atoms with van der Waals surface area (Å²) in [5.74, 6) is -0.186. The molecule has 4 rings (SSSR count). The molecule has 1 N–H and O–H groups in total. The number of hydrogen-bond donors (Lipinski definition) is 1. The minimum absolute atomic E-state index is 0.0196. The van der Waals surface area contributed by atoms with Crippen molar-refractivity contribution in [2.24, 2.45) is 0 Å². The van der Waals surface area contributed by atoms with Crippen LogP contribution in [0.5, 0.6) is 11.5 Å². The van der Waals surface area contributed by atoms with Crippen molar-refractivity contribution in [3.8, 4) is 11.5 Å². The molecule has 0 aromatic heterocycles. The Balaban J connectivity index is 1.76. The van der Waals surface area contributed by atoms with Crippen molar-refractivity contribution in [2.45, 2.75) is 57.2 Å². The van der Waals surface area contributed by atoms with Crippen LogP contribution in [0.3, 0.4) is 0 Å². The molecular weight excluding hydrogens is 602 g/mol. The summed E-state index contributed by atoms with van der Waals surface area (Å²) in [6.45, 7) is -0.521. The molecular formula is C33H40ClN3O6S. The van der Waals surface area contributed by atoms with Gasteiger partial charge < -0.3 is 19.7 Å². The summed E-state index contributed by atoms with van der Waals surface area (Å²) in [5.41, 5.74) is 1.73. The van der Waals surface area contributed by atoms with E-state index in [0.717, 1.165) is 48.2 Å². The number of ether oxygens (including phenoxy) is 2. The molecule has 11 heteroatoms. The standard InChI is InChI=1S/C33H40ClN3O6S/c1-42-28-17-18-31(43-2)29(21-28)37(44(3,40)41)23-32(38)36(22-25-13-10-14-26(34)19-25)30(20-24-11-6-4-7-12-24)33(39)35-27-15-8-5-9-16-27/h4,6-7,10-14,17-19,21,27,30H,5,8-9,15-16,20,22-23H2,1-3H3,(H,35,39). The summed E-state index contributed by atoms with van der Waals surface area (Å²) in [4.78, 5) is 29.9. The fourth-order valence-corrected chi connectivity index (χ4v) is 6.57. The molecule has 0 aliphatic heterocycles. The van der Waals surface area contributed by atoms with Gasteiger partial charge in [-0.2, -0.15) is 0 Å². The zero-order valence-corrected chi connectivity index (χ0v) is 26.9. The Bertz CT molecular complexity index is 1530. The van der Waals surface area contributed by atoms with E-state index in [9.17, 15) is 18.0 Å². The number of carbonyl (C=O) groups is 2. The molecule has 0 radical (unpaired) electrons. The fourth-order valence-electron chi connectivity index (χ4n) is 5.52. The van der Waals surface area contributed by atoms with Crippen LogP contribution in [0.2, 0.25) is 5.02 Å². The highest BCUT2D eigenvalue weighted by Gasteiger charge is 2.35. The van der Waals surface area contributed by atoms with E-state index in [4.69, 9.17) is 21.1 Å². The number of carbonyl (C=O) groups excluding carboxylic acids is 2. The van der Waals surface area contributed by atoms with Gasteiger partial charge in [0.1, 0.15) is 24.1 Å². The summed E-state index contributed by atoms with van der Waals surface area (Å²) < 4.78 is 38.1. The van der Waals surface area contributed by atoms with Gasteiger partial charge in [0.2, 0.25) is 21.8 Å². The van der Waals surface area contributed by atoms with Crippen molar-refractivity contribution in [1.82, 2.24) is 10.2 Å². The Morgan fingerprint density at radius 2 is 1.64 bits per heavy atom. The first-order valence-corrected chi connectivity index (χ1v) is 16.9. The van der Waals surface area contributed by atoms with Crippen molar-refractivity contribution in [3.63, 3.8) is 0 Å². The molecule has 0 spiro atoms. The predicted molar refractivity (Wildman–Crippen MR) is 173 cm³/mol. The van der Waals surface area contributed by atoms with E-state index in [2.05, 4.69) is 5.32 Å². The zero-order chi connectivity index (χ0) is 31.7. The molecule has 1 aliphatic carbocycles. The topological polar surface area (TPSA) is 105 Å². The van der Waals surface area contributed by atoms with Gasteiger partial charge in [0, 0.05) is 30.1 Å². The first-order valence-electron chi connectivity index (χ1n) is 14.7. The molecule has 236 valence electrons. The van der Waals surface area contributed by atoms with Gasteiger partial charge in [-0.05, 0) is 48.2 Å². The van der Waals surface area contributed by atoms with Gasteiger partial charge in [-0.15, -0.1) is 0 Å². The number of rotatable bonds is 13. The fraction of sp³-hybridized carbons (Fsp3) is 0.394. The van der Waals surface area contributed by atoms with Crippen molar-refractivity contribution in [2.75, 3.05) is 31.3 Å². The minimum Gasteiger partial charge on any atom is -0.497 e. The SMILES string of the molecule is COc1ccc(OC)c(N(CC(=O)N(Cc2cccc(Cl)c2)C(Cc2ccccc2)C(=O)NC2CCCCC2)S(C)(=O)=O)c1. The van der Waals surface area contributed by atoms with Gasteiger partial charge in [0.05, 0.1) is 26.2 Å². The number of amides is 2. The minimum atomic E-state index is -3.98. The maximum Gasteiger partial charge on any atom is 0.244 e. The second-order valence-electron chi connectivity index (χ2n) is 11.0. The summed E-state index contributed by atoms with van der Waals surface area (Å²) in [7, 11) is -1.10. The molecule has 1 unspecified atom stereocenters. The van der Waals surface area contributed by atoms with Crippen molar-refractivity contribution >= 4 is 39.1 Å². The Labute approximate surface area is 265 Å². The molecule has 1 aliphatic rings. The van der Waals surface area contributed by atoms with Crippen LogP contribution in [0.1, 0.15) is 43.2 Å². The van der Waals surface area contributed by atoms with Gasteiger partial charge in [0.15, 0.2) is 0 Å². The maximum atomic E-state index is 14.4.